The van der Waals surface area contributed by atoms with E-state index in [-0.39, 0.29) is 39.2 Å². The van der Waals surface area contributed by atoms with Crippen molar-refractivity contribution in [3.63, 3.8) is 0 Å². The monoisotopic (exact) mass is 433 g/mol. The second kappa shape index (κ2) is 7.05. The normalized spacial score (nSPS) is 15.4. The number of esters is 1. The molecule has 3 aliphatic rings. The first-order valence-corrected chi connectivity index (χ1v) is 10.4. The van der Waals surface area contributed by atoms with Crippen molar-refractivity contribution in [2.24, 2.45) is 0 Å². The Morgan fingerprint density at radius 1 is 1.00 bits per heavy atom. The molecule has 3 aromatic carbocycles. The van der Waals surface area contributed by atoms with E-state index < -0.39 is 5.97 Å². The van der Waals surface area contributed by atoms with Gasteiger partial charge in [0, 0.05) is 17.5 Å². The van der Waals surface area contributed by atoms with E-state index in [4.69, 9.17) is 23.7 Å². The molecular formula is C24H19NO7. The van der Waals surface area contributed by atoms with E-state index in [1.165, 1.54) is 4.90 Å². The molecule has 0 aromatic heterocycles. The molecule has 0 spiro atoms. The van der Waals surface area contributed by atoms with Crippen LogP contribution in [0.25, 0.3) is 21.9 Å². The molecule has 32 heavy (non-hydrogen) atoms. The molecule has 0 unspecified atom stereocenters. The maximum absolute atomic E-state index is 13.2. The van der Waals surface area contributed by atoms with Crippen LogP contribution in [-0.4, -0.2) is 43.5 Å². The molecule has 0 bridgehead atoms. The highest BCUT2D eigenvalue weighted by atomic mass is 16.7. The Labute approximate surface area is 183 Å². The van der Waals surface area contributed by atoms with E-state index in [0.717, 1.165) is 27.5 Å². The van der Waals surface area contributed by atoms with Crippen molar-refractivity contribution in [1.29, 1.82) is 0 Å². The number of carbonyl (C=O) groups excluding carboxylic acids is 2. The van der Waals surface area contributed by atoms with Crippen molar-refractivity contribution in [1.82, 2.24) is 4.90 Å². The third-order valence-corrected chi connectivity index (χ3v) is 5.90. The zero-order valence-electron chi connectivity index (χ0n) is 17.3. The third-order valence-electron chi connectivity index (χ3n) is 5.90. The minimum atomic E-state index is -0.430. The van der Waals surface area contributed by atoms with Gasteiger partial charge in [0.25, 0.3) is 5.91 Å². The molecule has 3 heterocycles. The number of hydrogen-bond acceptors (Lipinski definition) is 7. The van der Waals surface area contributed by atoms with Gasteiger partial charge in [-0.15, -0.1) is 0 Å². The number of rotatable bonds is 4. The summed E-state index contributed by atoms with van der Waals surface area (Å²) in [6, 6.07) is 11.3. The Bertz CT molecular complexity index is 1300. The van der Waals surface area contributed by atoms with Crippen LogP contribution in [0.5, 0.6) is 23.0 Å². The predicted octanol–water partition coefficient (Wildman–Crippen LogP) is 3.48. The molecule has 3 aliphatic heterocycles. The molecule has 8 heteroatoms. The second-order valence-corrected chi connectivity index (χ2v) is 7.71. The van der Waals surface area contributed by atoms with E-state index in [1.807, 2.05) is 36.4 Å². The summed E-state index contributed by atoms with van der Waals surface area (Å²) in [5, 5.41) is 1.72. The van der Waals surface area contributed by atoms with Crippen LogP contribution >= 0.6 is 0 Å². The van der Waals surface area contributed by atoms with Crippen molar-refractivity contribution in [2.75, 3.05) is 26.7 Å². The lowest BCUT2D eigenvalue weighted by Crippen LogP contribution is -2.31. The number of fused-ring (bicyclic) bond motifs is 5. The van der Waals surface area contributed by atoms with Gasteiger partial charge in [-0.2, -0.15) is 0 Å². The van der Waals surface area contributed by atoms with Crippen LogP contribution in [0.15, 0.2) is 36.4 Å². The fourth-order valence-corrected chi connectivity index (χ4v) is 4.54. The quantitative estimate of drug-likeness (QED) is 0.583. The Balaban J connectivity index is 1.57. The molecule has 3 aromatic rings. The highest BCUT2D eigenvalue weighted by molar-refractivity contribution is 6.12. The molecule has 0 atom stereocenters. The van der Waals surface area contributed by atoms with Gasteiger partial charge in [-0.25, -0.2) is 0 Å². The Kier molecular flexibility index (Phi) is 4.14. The minimum Gasteiger partial charge on any atom is -0.465 e. The van der Waals surface area contributed by atoms with E-state index in [0.29, 0.717) is 28.6 Å². The van der Waals surface area contributed by atoms with Crippen molar-refractivity contribution >= 4 is 22.6 Å². The van der Waals surface area contributed by atoms with Crippen LogP contribution in [0, 0.1) is 0 Å². The van der Waals surface area contributed by atoms with E-state index in [2.05, 4.69) is 0 Å². The summed E-state index contributed by atoms with van der Waals surface area (Å²) in [6.45, 7) is 2.51. The Morgan fingerprint density at radius 3 is 2.66 bits per heavy atom. The van der Waals surface area contributed by atoms with Gasteiger partial charge in [0.05, 0.1) is 6.61 Å². The lowest BCUT2D eigenvalue weighted by Gasteiger charge is -2.16. The third kappa shape index (κ3) is 2.76. The van der Waals surface area contributed by atoms with E-state index in [1.54, 1.807) is 6.92 Å². The second-order valence-electron chi connectivity index (χ2n) is 7.71. The van der Waals surface area contributed by atoms with Crippen LogP contribution in [0.2, 0.25) is 0 Å². The highest BCUT2D eigenvalue weighted by Gasteiger charge is 2.34. The summed E-state index contributed by atoms with van der Waals surface area (Å²) >= 11 is 0. The average Bonchev–Trinajstić information content (AvgIpc) is 3.51. The van der Waals surface area contributed by atoms with Gasteiger partial charge in [0.2, 0.25) is 13.6 Å². The first-order valence-electron chi connectivity index (χ1n) is 10.4. The number of benzene rings is 3. The SMILES string of the molecule is CCOC(=O)CN1Cc2c(cc3ccc4c(c3c2-c2ccc3c(c2)OCO3)OCO4)C1=O. The highest BCUT2D eigenvalue weighted by Crippen LogP contribution is 2.49. The number of hydrogen-bond donors (Lipinski definition) is 0. The van der Waals surface area contributed by atoms with Crippen LogP contribution in [0.4, 0.5) is 0 Å². The lowest BCUT2D eigenvalue weighted by atomic mass is 9.90. The zero-order valence-corrected chi connectivity index (χ0v) is 17.3. The van der Waals surface area contributed by atoms with Crippen molar-refractivity contribution < 1.29 is 33.3 Å². The predicted molar refractivity (Wildman–Crippen MR) is 113 cm³/mol. The summed E-state index contributed by atoms with van der Waals surface area (Å²) in [7, 11) is 0. The van der Waals surface area contributed by atoms with Gasteiger partial charge in [0.15, 0.2) is 23.0 Å². The van der Waals surface area contributed by atoms with Gasteiger partial charge in [-0.1, -0.05) is 12.1 Å². The fraction of sp³-hybridized carbons (Fsp3) is 0.250. The first kappa shape index (κ1) is 18.8. The summed E-state index contributed by atoms with van der Waals surface area (Å²) in [6.07, 6.45) is 0. The average molecular weight is 433 g/mol. The smallest absolute Gasteiger partial charge is 0.325 e. The van der Waals surface area contributed by atoms with Crippen LogP contribution in [-0.2, 0) is 16.1 Å². The summed E-state index contributed by atoms with van der Waals surface area (Å²) in [5.41, 5.74) is 3.12. The van der Waals surface area contributed by atoms with Crippen LogP contribution < -0.4 is 18.9 Å². The number of nitrogens with zero attached hydrogens (tertiary/aromatic N) is 1. The van der Waals surface area contributed by atoms with Gasteiger partial charge in [-0.05, 0) is 53.3 Å². The fourth-order valence-electron chi connectivity index (χ4n) is 4.54. The lowest BCUT2D eigenvalue weighted by molar-refractivity contribution is -0.143. The van der Waals surface area contributed by atoms with E-state index >= 15 is 0 Å². The van der Waals surface area contributed by atoms with E-state index in [9.17, 15) is 9.59 Å². The number of ether oxygens (including phenoxy) is 5. The molecule has 0 saturated heterocycles. The standard InChI is InChI=1S/C24H19NO7/c1-2-28-20(26)10-25-9-16-15(24(25)27)7-13-4-6-18-23(32-12-30-18)22(13)21(16)14-3-5-17-19(8-14)31-11-29-17/h3-8H,2,9-12H2,1H3. The van der Waals surface area contributed by atoms with Crippen LogP contribution in [0.3, 0.4) is 0 Å². The molecular weight excluding hydrogens is 414 g/mol. The molecule has 162 valence electrons. The maximum atomic E-state index is 13.2. The van der Waals surface area contributed by atoms with Crippen molar-refractivity contribution in [3.8, 4) is 34.1 Å². The molecule has 0 N–H and O–H groups in total. The first-order chi connectivity index (χ1) is 15.6. The molecule has 0 fully saturated rings. The van der Waals surface area contributed by atoms with Gasteiger partial charge in [-0.3, -0.25) is 9.59 Å². The summed E-state index contributed by atoms with van der Waals surface area (Å²) < 4.78 is 27.5. The van der Waals surface area contributed by atoms with Gasteiger partial charge >= 0.3 is 5.97 Å². The molecule has 0 radical (unpaired) electrons. The zero-order chi connectivity index (χ0) is 21.8. The van der Waals surface area contributed by atoms with Gasteiger partial charge < -0.3 is 28.6 Å². The Hall–Kier alpha value is -3.94. The largest absolute Gasteiger partial charge is 0.465 e. The number of amides is 1. The molecule has 6 rings (SSSR count). The molecule has 0 aliphatic carbocycles. The van der Waals surface area contributed by atoms with Gasteiger partial charge in [0.1, 0.15) is 6.54 Å². The summed E-state index contributed by atoms with van der Waals surface area (Å²) in [4.78, 5) is 26.8. The molecule has 8 nitrogen and oxygen atoms in total. The summed E-state index contributed by atoms with van der Waals surface area (Å²) in [5.74, 6) is 2.00. The minimum absolute atomic E-state index is 0.101. The van der Waals surface area contributed by atoms with Crippen molar-refractivity contribution in [2.45, 2.75) is 13.5 Å². The molecule has 0 saturated carbocycles. The topological polar surface area (TPSA) is 83.5 Å². The number of carbonyl (C=O) groups is 2. The van der Waals surface area contributed by atoms with Crippen LogP contribution in [0.1, 0.15) is 22.8 Å². The maximum Gasteiger partial charge on any atom is 0.325 e. The molecule has 1 amide bonds. The Morgan fingerprint density at radius 2 is 1.78 bits per heavy atom. The van der Waals surface area contributed by atoms with Crippen molar-refractivity contribution in [3.05, 3.63) is 47.5 Å².